The molecule has 0 heterocycles. The van der Waals surface area contributed by atoms with Gasteiger partial charge < -0.3 is 15.5 Å². The first-order valence-corrected chi connectivity index (χ1v) is 26.2. The predicted molar refractivity (Wildman–Crippen MR) is 249 cm³/mol. The smallest absolute Gasteiger partial charge is 0.220 e. The van der Waals surface area contributed by atoms with E-state index in [1.54, 1.807) is 0 Å². The summed E-state index contributed by atoms with van der Waals surface area (Å²) >= 11 is 0. The maximum absolute atomic E-state index is 12.5. The zero-order valence-corrected chi connectivity index (χ0v) is 38.7. The van der Waals surface area contributed by atoms with Gasteiger partial charge in [0, 0.05) is 6.42 Å². The highest BCUT2D eigenvalue weighted by atomic mass is 16.3. The molecular formula is C52H105NO3. The topological polar surface area (TPSA) is 69.6 Å². The molecule has 336 valence electrons. The second kappa shape index (κ2) is 48.8. The van der Waals surface area contributed by atoms with E-state index < -0.39 is 12.1 Å². The molecule has 0 aromatic rings. The van der Waals surface area contributed by atoms with Gasteiger partial charge in [0.1, 0.15) is 0 Å². The monoisotopic (exact) mass is 792 g/mol. The number of aliphatic hydroxyl groups excluding tert-OH is 2. The third kappa shape index (κ3) is 44.5. The van der Waals surface area contributed by atoms with Crippen molar-refractivity contribution in [1.29, 1.82) is 0 Å². The van der Waals surface area contributed by atoms with Crippen LogP contribution in [0.4, 0.5) is 0 Å². The van der Waals surface area contributed by atoms with Crippen molar-refractivity contribution in [1.82, 2.24) is 5.32 Å². The van der Waals surface area contributed by atoms with Crippen LogP contribution in [0.15, 0.2) is 0 Å². The van der Waals surface area contributed by atoms with Crippen molar-refractivity contribution in [3.05, 3.63) is 0 Å². The molecule has 0 spiro atoms. The minimum absolute atomic E-state index is 0.0229. The maximum atomic E-state index is 12.5. The Bertz CT molecular complexity index is 729. The molecule has 56 heavy (non-hydrogen) atoms. The fourth-order valence-electron chi connectivity index (χ4n) is 8.60. The molecule has 1 amide bonds. The van der Waals surface area contributed by atoms with Crippen LogP contribution >= 0.6 is 0 Å². The quantitative estimate of drug-likeness (QED) is 0.0538. The van der Waals surface area contributed by atoms with Gasteiger partial charge in [-0.05, 0) is 12.8 Å². The van der Waals surface area contributed by atoms with Crippen LogP contribution in [0.5, 0.6) is 0 Å². The summed E-state index contributed by atoms with van der Waals surface area (Å²) in [5.74, 6) is -0.0229. The molecule has 4 nitrogen and oxygen atoms in total. The molecule has 0 fully saturated rings. The van der Waals surface area contributed by atoms with Gasteiger partial charge in [0.2, 0.25) is 5.91 Å². The van der Waals surface area contributed by atoms with Crippen LogP contribution in [0, 0.1) is 0 Å². The number of carbonyl (C=O) groups is 1. The van der Waals surface area contributed by atoms with Crippen LogP contribution < -0.4 is 5.32 Å². The highest BCUT2D eigenvalue weighted by Gasteiger charge is 2.20. The molecule has 0 aromatic heterocycles. The van der Waals surface area contributed by atoms with Gasteiger partial charge in [0.25, 0.3) is 0 Å². The van der Waals surface area contributed by atoms with Crippen LogP contribution in [0.2, 0.25) is 0 Å². The standard InChI is InChI=1S/C52H105NO3/c1-3-5-7-9-11-13-15-17-19-21-23-24-25-26-27-28-29-30-32-34-36-38-40-42-44-46-48-52(56)53-50(49-54)51(55)47-45-43-41-39-37-35-33-31-22-20-18-16-14-12-10-8-6-4-2/h50-51,54-55H,3-49H2,1-2H3,(H,53,56). The lowest BCUT2D eigenvalue weighted by atomic mass is 10.0. The zero-order valence-electron chi connectivity index (χ0n) is 38.7. The van der Waals surface area contributed by atoms with Gasteiger partial charge in [-0.25, -0.2) is 0 Å². The molecular weight excluding hydrogens is 687 g/mol. The van der Waals surface area contributed by atoms with Crippen LogP contribution in [-0.2, 0) is 4.79 Å². The van der Waals surface area contributed by atoms with Crippen molar-refractivity contribution in [3.63, 3.8) is 0 Å². The highest BCUT2D eigenvalue weighted by molar-refractivity contribution is 5.76. The van der Waals surface area contributed by atoms with E-state index in [1.807, 2.05) is 0 Å². The summed E-state index contributed by atoms with van der Waals surface area (Å²) < 4.78 is 0. The molecule has 0 rings (SSSR count). The number of hydrogen-bond donors (Lipinski definition) is 3. The minimum Gasteiger partial charge on any atom is -0.394 e. The molecule has 3 N–H and O–H groups in total. The molecule has 0 aliphatic carbocycles. The average Bonchev–Trinajstić information content (AvgIpc) is 3.20. The highest BCUT2D eigenvalue weighted by Crippen LogP contribution is 2.18. The van der Waals surface area contributed by atoms with Crippen LogP contribution in [0.1, 0.15) is 309 Å². The van der Waals surface area contributed by atoms with Crippen molar-refractivity contribution >= 4 is 5.91 Å². The normalized spacial score (nSPS) is 12.7. The lowest BCUT2D eigenvalue weighted by molar-refractivity contribution is -0.123. The van der Waals surface area contributed by atoms with Crippen molar-refractivity contribution in [2.45, 2.75) is 321 Å². The van der Waals surface area contributed by atoms with Gasteiger partial charge in [-0.2, -0.15) is 0 Å². The fourth-order valence-corrected chi connectivity index (χ4v) is 8.60. The number of carbonyl (C=O) groups excluding carboxylic acids is 1. The van der Waals surface area contributed by atoms with Crippen molar-refractivity contribution in [2.75, 3.05) is 6.61 Å². The van der Waals surface area contributed by atoms with Crippen molar-refractivity contribution < 1.29 is 15.0 Å². The maximum Gasteiger partial charge on any atom is 0.220 e. The molecule has 0 saturated heterocycles. The molecule has 0 bridgehead atoms. The van der Waals surface area contributed by atoms with Crippen LogP contribution in [-0.4, -0.2) is 34.9 Å². The molecule has 0 aliphatic rings. The Kier molecular flexibility index (Phi) is 48.2. The molecule has 4 heteroatoms. The van der Waals surface area contributed by atoms with E-state index in [1.165, 1.54) is 257 Å². The third-order valence-corrected chi connectivity index (χ3v) is 12.6. The van der Waals surface area contributed by atoms with Gasteiger partial charge >= 0.3 is 0 Å². The number of unbranched alkanes of at least 4 members (excludes halogenated alkanes) is 42. The third-order valence-electron chi connectivity index (χ3n) is 12.6. The SMILES string of the molecule is CCCCCCCCCCCCCCCCCCCCCCCCCCCCC(=O)NC(CO)C(O)CCCCCCCCCCCCCCCCCCCC. The number of hydrogen-bond acceptors (Lipinski definition) is 3. The van der Waals surface area contributed by atoms with Crippen LogP contribution in [0.3, 0.4) is 0 Å². The fraction of sp³-hybridized carbons (Fsp3) is 0.981. The summed E-state index contributed by atoms with van der Waals surface area (Å²) in [7, 11) is 0. The number of amides is 1. The Balaban J connectivity index is 3.41. The van der Waals surface area contributed by atoms with Gasteiger partial charge in [0.15, 0.2) is 0 Å². The first kappa shape index (κ1) is 55.4. The van der Waals surface area contributed by atoms with E-state index in [-0.39, 0.29) is 12.5 Å². The van der Waals surface area contributed by atoms with Gasteiger partial charge in [-0.3, -0.25) is 4.79 Å². The average molecular weight is 792 g/mol. The number of aliphatic hydroxyl groups is 2. The lowest BCUT2D eigenvalue weighted by Crippen LogP contribution is -2.45. The lowest BCUT2D eigenvalue weighted by Gasteiger charge is -2.22. The van der Waals surface area contributed by atoms with E-state index in [9.17, 15) is 15.0 Å². The van der Waals surface area contributed by atoms with Gasteiger partial charge in [-0.1, -0.05) is 290 Å². The largest absolute Gasteiger partial charge is 0.394 e. The van der Waals surface area contributed by atoms with E-state index in [2.05, 4.69) is 19.2 Å². The summed E-state index contributed by atoms with van der Waals surface area (Å²) in [6.45, 7) is 4.40. The zero-order chi connectivity index (χ0) is 40.7. The van der Waals surface area contributed by atoms with E-state index in [0.29, 0.717) is 12.8 Å². The van der Waals surface area contributed by atoms with Gasteiger partial charge in [0.05, 0.1) is 18.8 Å². The Hall–Kier alpha value is -0.610. The second-order valence-electron chi connectivity index (χ2n) is 18.3. The van der Waals surface area contributed by atoms with E-state index in [0.717, 1.165) is 25.7 Å². The molecule has 2 atom stereocenters. The van der Waals surface area contributed by atoms with Crippen molar-refractivity contribution in [2.24, 2.45) is 0 Å². The Labute approximate surface area is 353 Å². The first-order valence-electron chi connectivity index (χ1n) is 26.2. The second-order valence-corrected chi connectivity index (χ2v) is 18.3. The van der Waals surface area contributed by atoms with Crippen molar-refractivity contribution in [3.8, 4) is 0 Å². The molecule has 0 saturated carbocycles. The molecule has 0 aromatic carbocycles. The number of rotatable bonds is 49. The van der Waals surface area contributed by atoms with E-state index >= 15 is 0 Å². The number of nitrogens with one attached hydrogen (secondary N) is 1. The first-order chi connectivity index (χ1) is 27.7. The summed E-state index contributed by atoms with van der Waals surface area (Å²) in [6, 6.07) is -0.530. The summed E-state index contributed by atoms with van der Waals surface area (Å²) in [6.07, 6.45) is 60.7. The Morgan fingerprint density at radius 3 is 0.804 bits per heavy atom. The molecule has 2 unspecified atom stereocenters. The predicted octanol–water partition coefficient (Wildman–Crippen LogP) is 16.8. The van der Waals surface area contributed by atoms with Crippen LogP contribution in [0.25, 0.3) is 0 Å². The summed E-state index contributed by atoms with van der Waals surface area (Å²) in [5.41, 5.74) is 0. The Morgan fingerprint density at radius 2 is 0.571 bits per heavy atom. The summed E-state index contributed by atoms with van der Waals surface area (Å²) in [4.78, 5) is 12.5. The Morgan fingerprint density at radius 1 is 0.357 bits per heavy atom. The molecule has 0 aliphatic heterocycles. The van der Waals surface area contributed by atoms with Gasteiger partial charge in [-0.15, -0.1) is 0 Å². The van der Waals surface area contributed by atoms with E-state index in [4.69, 9.17) is 0 Å². The summed E-state index contributed by atoms with van der Waals surface area (Å²) in [5, 5.41) is 23.3. The molecule has 0 radical (unpaired) electrons. The minimum atomic E-state index is -0.654.